The van der Waals surface area contributed by atoms with E-state index in [2.05, 4.69) is 30.4 Å². The third-order valence-corrected chi connectivity index (χ3v) is 7.03. The van der Waals surface area contributed by atoms with E-state index in [1.807, 2.05) is 61.2 Å². The minimum absolute atomic E-state index is 0.492. The fourth-order valence-corrected chi connectivity index (χ4v) is 5.46. The van der Waals surface area contributed by atoms with Crippen molar-refractivity contribution in [1.82, 2.24) is 24.3 Å². The summed E-state index contributed by atoms with van der Waals surface area (Å²) in [6.45, 7) is 3.51. The van der Waals surface area contributed by atoms with Crippen LogP contribution in [0.5, 0.6) is 0 Å². The van der Waals surface area contributed by atoms with Gasteiger partial charge in [-0.05, 0) is 38.3 Å². The van der Waals surface area contributed by atoms with Crippen LogP contribution in [0.4, 0.5) is 0 Å². The Hall–Kier alpha value is -2.77. The molecule has 0 radical (unpaired) electrons. The summed E-state index contributed by atoms with van der Waals surface area (Å²) in [5.41, 5.74) is 3.02. The van der Waals surface area contributed by atoms with E-state index in [0.29, 0.717) is 11.6 Å². The average molecular weight is 451 g/mol. The first-order valence-electron chi connectivity index (χ1n) is 10.5. The van der Waals surface area contributed by atoms with Gasteiger partial charge in [0.15, 0.2) is 5.82 Å². The molecule has 4 aromatic rings. The monoisotopic (exact) mass is 450 g/mol. The van der Waals surface area contributed by atoms with Gasteiger partial charge < -0.3 is 4.57 Å². The third kappa shape index (κ3) is 4.07. The Kier molecular flexibility index (Phi) is 5.70. The minimum Gasteiger partial charge on any atom is -0.337 e. The van der Waals surface area contributed by atoms with Crippen LogP contribution in [0.2, 0.25) is 5.02 Å². The fourth-order valence-electron chi connectivity index (χ4n) is 3.97. The van der Waals surface area contributed by atoms with E-state index in [1.165, 1.54) is 11.3 Å². The van der Waals surface area contributed by atoms with Crippen LogP contribution < -0.4 is 0 Å². The van der Waals surface area contributed by atoms with Gasteiger partial charge in [-0.1, -0.05) is 36.2 Å². The molecular formula is C23H23ClN6S. The molecule has 0 spiro atoms. The first-order valence-corrected chi connectivity index (χ1v) is 11.7. The van der Waals surface area contributed by atoms with Crippen molar-refractivity contribution in [3.63, 3.8) is 0 Å². The topological polar surface area (TPSA) is 60.9 Å². The maximum Gasteiger partial charge on any atom is 0.160 e. The van der Waals surface area contributed by atoms with Gasteiger partial charge in [0.05, 0.1) is 12.0 Å². The van der Waals surface area contributed by atoms with Gasteiger partial charge in [0.25, 0.3) is 0 Å². The molecule has 31 heavy (non-hydrogen) atoms. The smallest absolute Gasteiger partial charge is 0.160 e. The van der Waals surface area contributed by atoms with Crippen molar-refractivity contribution in [1.29, 1.82) is 0 Å². The zero-order valence-corrected chi connectivity index (χ0v) is 18.9. The first kappa shape index (κ1) is 20.2. The Morgan fingerprint density at radius 1 is 1.10 bits per heavy atom. The molecule has 158 valence electrons. The molecule has 0 fully saturated rings. The number of halogens is 1. The molecule has 8 heteroatoms. The highest BCUT2D eigenvalue weighted by Gasteiger charge is 2.25. The number of benzene rings is 1. The SMILES string of the molecule is Cc1nnc2n1-c1sc(CCCCCn3ccnc3)cc1C(c1ccccc1Cl)=NC2. The van der Waals surface area contributed by atoms with Crippen molar-refractivity contribution in [3.05, 3.63) is 81.7 Å². The van der Waals surface area contributed by atoms with Crippen molar-refractivity contribution < 1.29 is 0 Å². The lowest BCUT2D eigenvalue weighted by molar-refractivity contribution is 0.588. The average Bonchev–Trinajstić information content (AvgIpc) is 3.49. The van der Waals surface area contributed by atoms with E-state index in [1.54, 1.807) is 0 Å². The molecule has 0 N–H and O–H groups in total. The summed E-state index contributed by atoms with van der Waals surface area (Å²) in [6.07, 6.45) is 10.3. The molecule has 6 nitrogen and oxygen atoms in total. The highest BCUT2D eigenvalue weighted by molar-refractivity contribution is 7.15. The van der Waals surface area contributed by atoms with Crippen molar-refractivity contribution >= 4 is 28.6 Å². The van der Waals surface area contributed by atoms with Crippen LogP contribution in [-0.4, -0.2) is 30.0 Å². The van der Waals surface area contributed by atoms with Gasteiger partial charge in [-0.3, -0.25) is 9.56 Å². The number of hydrogen-bond acceptors (Lipinski definition) is 5. The minimum atomic E-state index is 0.492. The van der Waals surface area contributed by atoms with Crippen LogP contribution in [-0.2, 0) is 19.5 Å². The van der Waals surface area contributed by atoms with Crippen molar-refractivity contribution in [2.24, 2.45) is 4.99 Å². The predicted molar refractivity (Wildman–Crippen MR) is 125 cm³/mol. The first-order chi connectivity index (χ1) is 15.2. The molecular weight excluding hydrogens is 428 g/mol. The number of nitrogens with zero attached hydrogens (tertiary/aromatic N) is 6. The molecule has 0 unspecified atom stereocenters. The van der Waals surface area contributed by atoms with Gasteiger partial charge in [-0.2, -0.15) is 0 Å². The molecule has 0 bridgehead atoms. The number of thiophene rings is 1. The predicted octanol–water partition coefficient (Wildman–Crippen LogP) is 5.25. The van der Waals surface area contributed by atoms with E-state index in [9.17, 15) is 0 Å². The molecule has 1 aliphatic heterocycles. The van der Waals surface area contributed by atoms with Gasteiger partial charge >= 0.3 is 0 Å². The Balaban J connectivity index is 1.40. The summed E-state index contributed by atoms with van der Waals surface area (Å²) in [4.78, 5) is 10.4. The number of aromatic nitrogens is 5. The second-order valence-corrected chi connectivity index (χ2v) is 9.21. The third-order valence-electron chi connectivity index (χ3n) is 5.52. The highest BCUT2D eigenvalue weighted by atomic mass is 35.5. The summed E-state index contributed by atoms with van der Waals surface area (Å²) in [6, 6.07) is 10.2. The Labute approximate surface area is 190 Å². The fraction of sp³-hybridized carbons (Fsp3) is 0.304. The molecule has 1 aliphatic rings. The van der Waals surface area contributed by atoms with E-state index >= 15 is 0 Å². The van der Waals surface area contributed by atoms with Gasteiger partial charge in [-0.15, -0.1) is 21.5 Å². The summed E-state index contributed by atoms with van der Waals surface area (Å²) in [5, 5.41) is 10.5. The lowest BCUT2D eigenvalue weighted by Gasteiger charge is -2.08. The normalized spacial score (nSPS) is 12.9. The second-order valence-electron chi connectivity index (χ2n) is 7.69. The zero-order chi connectivity index (χ0) is 21.2. The van der Waals surface area contributed by atoms with E-state index in [0.717, 1.165) is 59.3 Å². The van der Waals surface area contributed by atoms with Gasteiger partial charge in [0.1, 0.15) is 17.4 Å². The van der Waals surface area contributed by atoms with Crippen LogP contribution in [0.1, 0.15) is 46.9 Å². The molecule has 1 aromatic carbocycles. The van der Waals surface area contributed by atoms with Crippen molar-refractivity contribution in [2.45, 2.75) is 45.7 Å². The van der Waals surface area contributed by atoms with Crippen molar-refractivity contribution in [2.75, 3.05) is 0 Å². The molecule has 4 heterocycles. The largest absolute Gasteiger partial charge is 0.337 e. The van der Waals surface area contributed by atoms with E-state index < -0.39 is 0 Å². The lowest BCUT2D eigenvalue weighted by Crippen LogP contribution is -2.05. The van der Waals surface area contributed by atoms with Crippen molar-refractivity contribution in [3.8, 4) is 5.00 Å². The van der Waals surface area contributed by atoms with Crippen LogP contribution >= 0.6 is 22.9 Å². The number of hydrogen-bond donors (Lipinski definition) is 0. The summed E-state index contributed by atoms with van der Waals surface area (Å²) >= 11 is 8.36. The summed E-state index contributed by atoms with van der Waals surface area (Å²) in [7, 11) is 0. The maximum absolute atomic E-state index is 6.54. The van der Waals surface area contributed by atoms with Crippen LogP contribution in [0.3, 0.4) is 0 Å². The Morgan fingerprint density at radius 2 is 2.00 bits per heavy atom. The number of aliphatic imine (C=N–C) groups is 1. The molecule has 0 saturated carbocycles. The summed E-state index contributed by atoms with van der Waals surface area (Å²) in [5.74, 6) is 1.76. The van der Waals surface area contributed by atoms with E-state index in [-0.39, 0.29) is 0 Å². The van der Waals surface area contributed by atoms with Gasteiger partial charge in [0, 0.05) is 40.0 Å². The Bertz CT molecular complexity index is 1220. The van der Waals surface area contributed by atoms with E-state index in [4.69, 9.17) is 16.6 Å². The second kappa shape index (κ2) is 8.77. The molecule has 0 atom stereocenters. The molecule has 5 rings (SSSR count). The van der Waals surface area contributed by atoms with Crippen LogP contribution in [0.25, 0.3) is 5.00 Å². The van der Waals surface area contributed by atoms with Gasteiger partial charge in [-0.25, -0.2) is 4.98 Å². The maximum atomic E-state index is 6.54. The van der Waals surface area contributed by atoms with Gasteiger partial charge in [0.2, 0.25) is 0 Å². The lowest BCUT2D eigenvalue weighted by atomic mass is 10.0. The molecule has 0 amide bonds. The molecule has 0 aliphatic carbocycles. The number of aryl methyl sites for hydroxylation is 3. The molecule has 0 saturated heterocycles. The summed E-state index contributed by atoms with van der Waals surface area (Å²) < 4.78 is 4.28. The zero-order valence-electron chi connectivity index (χ0n) is 17.3. The van der Waals surface area contributed by atoms with Crippen LogP contribution in [0.15, 0.2) is 54.0 Å². The highest BCUT2D eigenvalue weighted by Crippen LogP contribution is 2.35. The standard InChI is InChI=1S/C23H23ClN6S/c1-16-27-28-21-14-26-22(18-8-4-5-9-20(18)24)19-13-17(31-23(19)30(16)21)7-3-2-6-11-29-12-10-25-15-29/h4-5,8-10,12-13,15H,2-3,6-7,11,14H2,1H3. The number of imidazole rings is 1. The molecule has 3 aromatic heterocycles. The quantitative estimate of drug-likeness (QED) is 0.361. The number of unbranched alkanes of at least 4 members (excludes halogenated alkanes) is 2. The van der Waals surface area contributed by atoms with Crippen LogP contribution in [0, 0.1) is 6.92 Å². The number of fused-ring (bicyclic) bond motifs is 3. The number of rotatable bonds is 7. The Morgan fingerprint density at radius 3 is 2.84 bits per heavy atom.